The van der Waals surface area contributed by atoms with Gasteiger partial charge in [0, 0.05) is 36.7 Å². The molecule has 0 bridgehead atoms. The highest BCUT2D eigenvalue weighted by molar-refractivity contribution is 5.93. The van der Waals surface area contributed by atoms with Crippen LogP contribution in [0.2, 0.25) is 0 Å². The number of fused-ring (bicyclic) bond motifs is 1. The lowest BCUT2D eigenvalue weighted by atomic mass is 10.1. The van der Waals surface area contributed by atoms with Crippen LogP contribution >= 0.6 is 0 Å². The van der Waals surface area contributed by atoms with Crippen molar-refractivity contribution in [3.63, 3.8) is 0 Å². The highest BCUT2D eigenvalue weighted by Gasteiger charge is 2.19. The van der Waals surface area contributed by atoms with Crippen molar-refractivity contribution in [2.24, 2.45) is 0 Å². The number of nitrogens with zero attached hydrogens (tertiary/aromatic N) is 5. The molecule has 4 aromatic rings. The van der Waals surface area contributed by atoms with Gasteiger partial charge in [0.25, 0.3) is 0 Å². The number of para-hydroxylation sites is 1. The standard InChI is InChI=1S/C23H22N6O/c30-21-11-6-12-28(21)13-14-29-16-18(15-24-29)25-23-26-20-10-5-4-9-19(20)22(27-23)17-7-2-1-3-8-17/h1-5,7-10,15-16H,6,11-14H2,(H,25,26,27). The molecule has 7 heteroatoms. The number of rotatable bonds is 6. The molecule has 0 unspecified atom stereocenters. The van der Waals surface area contributed by atoms with Gasteiger partial charge in [-0.15, -0.1) is 0 Å². The number of likely N-dealkylation sites (tertiary alicyclic amines) is 1. The monoisotopic (exact) mass is 398 g/mol. The molecule has 1 N–H and O–H groups in total. The van der Waals surface area contributed by atoms with Crippen LogP contribution in [0.5, 0.6) is 0 Å². The second-order valence-electron chi connectivity index (χ2n) is 7.38. The number of amides is 1. The summed E-state index contributed by atoms with van der Waals surface area (Å²) in [5, 5.41) is 8.69. The predicted octanol–water partition coefficient (Wildman–Crippen LogP) is 3.86. The van der Waals surface area contributed by atoms with Crippen LogP contribution in [-0.2, 0) is 11.3 Å². The Labute approximate surface area is 174 Å². The summed E-state index contributed by atoms with van der Waals surface area (Å²) in [5.74, 6) is 0.764. The zero-order valence-electron chi connectivity index (χ0n) is 16.5. The van der Waals surface area contributed by atoms with Crippen molar-refractivity contribution in [2.75, 3.05) is 18.4 Å². The molecule has 1 fully saturated rings. The van der Waals surface area contributed by atoms with Crippen molar-refractivity contribution in [3.8, 4) is 11.3 Å². The number of aromatic nitrogens is 4. The van der Waals surface area contributed by atoms with Crippen molar-refractivity contribution in [1.29, 1.82) is 0 Å². The molecule has 3 heterocycles. The number of nitrogens with one attached hydrogen (secondary N) is 1. The molecule has 2 aromatic heterocycles. The van der Waals surface area contributed by atoms with Gasteiger partial charge in [0.05, 0.1) is 29.6 Å². The summed E-state index contributed by atoms with van der Waals surface area (Å²) in [6.45, 7) is 2.20. The molecule has 7 nitrogen and oxygen atoms in total. The summed E-state index contributed by atoms with van der Waals surface area (Å²) in [7, 11) is 0. The molecule has 30 heavy (non-hydrogen) atoms. The van der Waals surface area contributed by atoms with Gasteiger partial charge in [-0.2, -0.15) is 5.10 Å². The molecule has 0 spiro atoms. The van der Waals surface area contributed by atoms with Crippen LogP contribution in [0.25, 0.3) is 22.2 Å². The predicted molar refractivity (Wildman–Crippen MR) is 116 cm³/mol. The van der Waals surface area contributed by atoms with E-state index in [1.54, 1.807) is 6.20 Å². The minimum absolute atomic E-state index is 0.235. The van der Waals surface area contributed by atoms with E-state index in [4.69, 9.17) is 4.98 Å². The third-order valence-corrected chi connectivity index (χ3v) is 5.31. The van der Waals surface area contributed by atoms with Crippen LogP contribution in [0.4, 0.5) is 11.6 Å². The number of hydrogen-bond donors (Lipinski definition) is 1. The molecule has 1 aliphatic heterocycles. The summed E-state index contributed by atoms with van der Waals surface area (Å²) < 4.78 is 1.84. The maximum Gasteiger partial charge on any atom is 0.228 e. The Bertz CT molecular complexity index is 1190. The van der Waals surface area contributed by atoms with Gasteiger partial charge in [-0.25, -0.2) is 9.97 Å². The Hall–Kier alpha value is -3.74. The SMILES string of the molecule is O=C1CCCN1CCn1cc(Nc2nc(-c3ccccc3)c3ccccc3n2)cn1. The Kier molecular flexibility index (Phi) is 4.85. The summed E-state index contributed by atoms with van der Waals surface area (Å²) in [5.41, 5.74) is 3.64. The van der Waals surface area contributed by atoms with Crippen LogP contribution in [0.3, 0.4) is 0 Å². The largest absolute Gasteiger partial charge is 0.341 e. The normalized spacial score (nSPS) is 13.9. The van der Waals surface area contributed by atoms with Gasteiger partial charge in [0.1, 0.15) is 0 Å². The molecule has 2 aromatic carbocycles. The zero-order valence-corrected chi connectivity index (χ0v) is 16.5. The van der Waals surface area contributed by atoms with Gasteiger partial charge >= 0.3 is 0 Å². The lowest BCUT2D eigenvalue weighted by Gasteiger charge is -2.14. The second-order valence-corrected chi connectivity index (χ2v) is 7.38. The second kappa shape index (κ2) is 7.94. The van der Waals surface area contributed by atoms with Crippen molar-refractivity contribution in [2.45, 2.75) is 19.4 Å². The fourth-order valence-electron chi connectivity index (χ4n) is 3.79. The van der Waals surface area contributed by atoms with Gasteiger partial charge in [0.2, 0.25) is 11.9 Å². The van der Waals surface area contributed by atoms with Crippen molar-refractivity contribution >= 4 is 28.4 Å². The van der Waals surface area contributed by atoms with Crippen LogP contribution in [-0.4, -0.2) is 43.6 Å². The van der Waals surface area contributed by atoms with Crippen molar-refractivity contribution in [3.05, 3.63) is 67.0 Å². The molecular formula is C23H22N6O. The minimum Gasteiger partial charge on any atom is -0.341 e. The first-order chi connectivity index (χ1) is 14.8. The number of benzene rings is 2. The van der Waals surface area contributed by atoms with Crippen molar-refractivity contribution < 1.29 is 4.79 Å². The van der Waals surface area contributed by atoms with E-state index in [0.29, 0.717) is 25.5 Å². The van der Waals surface area contributed by atoms with Crippen LogP contribution in [0.15, 0.2) is 67.0 Å². The van der Waals surface area contributed by atoms with E-state index < -0.39 is 0 Å². The van der Waals surface area contributed by atoms with E-state index in [1.165, 1.54) is 0 Å². The summed E-state index contributed by atoms with van der Waals surface area (Å²) in [4.78, 5) is 23.1. The Morgan fingerprint density at radius 1 is 0.967 bits per heavy atom. The summed E-state index contributed by atoms with van der Waals surface area (Å²) >= 11 is 0. The molecule has 1 saturated heterocycles. The summed E-state index contributed by atoms with van der Waals surface area (Å²) in [6.07, 6.45) is 5.29. The number of carbonyl (C=O) groups is 1. The van der Waals surface area contributed by atoms with Crippen LogP contribution < -0.4 is 5.32 Å². The van der Waals surface area contributed by atoms with E-state index in [1.807, 2.05) is 58.2 Å². The fourth-order valence-corrected chi connectivity index (χ4v) is 3.79. The molecule has 5 rings (SSSR count). The quantitative estimate of drug-likeness (QED) is 0.534. The first-order valence-corrected chi connectivity index (χ1v) is 10.2. The topological polar surface area (TPSA) is 75.9 Å². The molecule has 0 aliphatic carbocycles. The van der Waals surface area contributed by atoms with Crippen LogP contribution in [0, 0.1) is 0 Å². The molecule has 0 atom stereocenters. The summed E-state index contributed by atoms with van der Waals surface area (Å²) in [6, 6.07) is 18.1. The third kappa shape index (κ3) is 3.74. The average molecular weight is 398 g/mol. The Morgan fingerprint density at radius 3 is 2.63 bits per heavy atom. The maximum absolute atomic E-state index is 11.8. The van der Waals surface area contributed by atoms with E-state index in [0.717, 1.165) is 40.8 Å². The van der Waals surface area contributed by atoms with Gasteiger partial charge in [-0.1, -0.05) is 48.5 Å². The van der Waals surface area contributed by atoms with E-state index >= 15 is 0 Å². The molecule has 1 amide bonds. The minimum atomic E-state index is 0.235. The molecule has 150 valence electrons. The van der Waals surface area contributed by atoms with Gasteiger partial charge < -0.3 is 10.2 Å². The van der Waals surface area contributed by atoms with Gasteiger partial charge in [-0.3, -0.25) is 9.48 Å². The van der Waals surface area contributed by atoms with Gasteiger partial charge in [-0.05, 0) is 12.5 Å². The first-order valence-electron chi connectivity index (χ1n) is 10.2. The van der Waals surface area contributed by atoms with Gasteiger partial charge in [0.15, 0.2) is 0 Å². The van der Waals surface area contributed by atoms with E-state index in [-0.39, 0.29) is 5.91 Å². The Balaban J connectivity index is 1.38. The third-order valence-electron chi connectivity index (χ3n) is 5.31. The van der Waals surface area contributed by atoms with Crippen LogP contribution in [0.1, 0.15) is 12.8 Å². The molecule has 1 aliphatic rings. The number of carbonyl (C=O) groups excluding carboxylic acids is 1. The lowest BCUT2D eigenvalue weighted by molar-refractivity contribution is -0.127. The molecule has 0 saturated carbocycles. The Morgan fingerprint density at radius 2 is 1.80 bits per heavy atom. The van der Waals surface area contributed by atoms with E-state index in [9.17, 15) is 4.79 Å². The lowest BCUT2D eigenvalue weighted by Crippen LogP contribution is -2.28. The van der Waals surface area contributed by atoms with E-state index in [2.05, 4.69) is 27.5 Å². The number of anilines is 2. The molecular weight excluding hydrogens is 376 g/mol. The zero-order chi connectivity index (χ0) is 20.3. The number of hydrogen-bond acceptors (Lipinski definition) is 5. The smallest absolute Gasteiger partial charge is 0.228 e. The maximum atomic E-state index is 11.8. The average Bonchev–Trinajstić information content (AvgIpc) is 3.40. The first kappa shape index (κ1) is 18.3. The van der Waals surface area contributed by atoms with Crippen molar-refractivity contribution in [1.82, 2.24) is 24.6 Å². The highest BCUT2D eigenvalue weighted by Crippen LogP contribution is 2.27. The fraction of sp³-hybridized carbons (Fsp3) is 0.217. The highest BCUT2D eigenvalue weighted by atomic mass is 16.2. The molecule has 0 radical (unpaired) electrons.